The van der Waals surface area contributed by atoms with Gasteiger partial charge in [0.15, 0.2) is 0 Å². The van der Waals surface area contributed by atoms with Gasteiger partial charge in [0.25, 0.3) is 0 Å². The molecule has 4 heteroatoms. The third kappa shape index (κ3) is 4.41. The maximum Gasteiger partial charge on any atom is 0.119 e. The Morgan fingerprint density at radius 2 is 2.05 bits per heavy atom. The first-order valence-corrected chi connectivity index (χ1v) is 6.58. The van der Waals surface area contributed by atoms with Crippen molar-refractivity contribution in [1.29, 1.82) is 0 Å². The number of rotatable bonds is 7. The van der Waals surface area contributed by atoms with Gasteiger partial charge in [0.05, 0.1) is 12.7 Å². The summed E-state index contributed by atoms with van der Waals surface area (Å²) < 4.78 is 7.54. The highest BCUT2D eigenvalue weighted by Gasteiger charge is 2.07. The number of aromatic nitrogens is 2. The molecular formula is C15H20N2O2. The van der Waals surface area contributed by atoms with Crippen molar-refractivity contribution < 1.29 is 9.84 Å². The van der Waals surface area contributed by atoms with Crippen molar-refractivity contribution in [3.63, 3.8) is 0 Å². The van der Waals surface area contributed by atoms with Crippen LogP contribution in [0.5, 0.6) is 5.75 Å². The fourth-order valence-electron chi connectivity index (χ4n) is 1.91. The lowest BCUT2D eigenvalue weighted by Gasteiger charge is -2.11. The highest BCUT2D eigenvalue weighted by atomic mass is 16.5. The van der Waals surface area contributed by atoms with Crippen LogP contribution in [0.1, 0.15) is 18.7 Å². The molecule has 1 heterocycles. The average molecular weight is 260 g/mol. The predicted octanol–water partition coefficient (Wildman–Crippen LogP) is 2.18. The van der Waals surface area contributed by atoms with Crippen LogP contribution >= 0.6 is 0 Å². The van der Waals surface area contributed by atoms with Gasteiger partial charge in [0.1, 0.15) is 11.6 Å². The van der Waals surface area contributed by atoms with Gasteiger partial charge in [-0.3, -0.25) is 0 Å². The molecule has 1 unspecified atom stereocenters. The summed E-state index contributed by atoms with van der Waals surface area (Å²) >= 11 is 0. The molecule has 0 aliphatic carbocycles. The lowest BCUT2D eigenvalue weighted by molar-refractivity contribution is 0.130. The molecule has 0 radical (unpaired) electrons. The summed E-state index contributed by atoms with van der Waals surface area (Å²) in [6.07, 6.45) is 5.49. The number of aliphatic hydroxyl groups is 1. The van der Waals surface area contributed by atoms with Crippen LogP contribution in [-0.2, 0) is 13.5 Å². The lowest BCUT2D eigenvalue weighted by atomic mass is 10.1. The fourth-order valence-corrected chi connectivity index (χ4v) is 1.91. The largest absolute Gasteiger partial charge is 0.493 e. The molecule has 102 valence electrons. The van der Waals surface area contributed by atoms with Crippen molar-refractivity contribution in [2.24, 2.45) is 7.05 Å². The third-order valence-corrected chi connectivity index (χ3v) is 3.09. The van der Waals surface area contributed by atoms with Crippen LogP contribution in [0.4, 0.5) is 0 Å². The number of benzene rings is 1. The van der Waals surface area contributed by atoms with E-state index in [0.29, 0.717) is 19.4 Å². The minimum absolute atomic E-state index is 0.347. The van der Waals surface area contributed by atoms with Crippen LogP contribution in [0, 0.1) is 0 Å². The zero-order chi connectivity index (χ0) is 13.5. The minimum atomic E-state index is -0.347. The van der Waals surface area contributed by atoms with Crippen molar-refractivity contribution in [3.05, 3.63) is 48.5 Å². The van der Waals surface area contributed by atoms with Gasteiger partial charge in [-0.2, -0.15) is 0 Å². The van der Waals surface area contributed by atoms with Crippen LogP contribution in [0.15, 0.2) is 42.7 Å². The molecule has 0 aliphatic heterocycles. The van der Waals surface area contributed by atoms with Gasteiger partial charge in [-0.15, -0.1) is 0 Å². The highest BCUT2D eigenvalue weighted by Crippen LogP contribution is 2.10. The van der Waals surface area contributed by atoms with Crippen LogP contribution in [0.2, 0.25) is 0 Å². The van der Waals surface area contributed by atoms with Crippen molar-refractivity contribution in [2.75, 3.05) is 6.61 Å². The van der Waals surface area contributed by atoms with E-state index in [9.17, 15) is 5.11 Å². The molecule has 0 fully saturated rings. The first-order chi connectivity index (χ1) is 9.25. The molecule has 0 saturated heterocycles. The molecule has 19 heavy (non-hydrogen) atoms. The van der Waals surface area contributed by atoms with E-state index < -0.39 is 0 Å². The standard InChI is InChI=1S/C15H20N2O2/c1-17-11-10-16-15(17)8-7-13(18)9-12-19-14-5-3-2-4-6-14/h2-6,10-11,13,18H,7-9,12H2,1H3. The Balaban J connectivity index is 1.65. The molecule has 0 amide bonds. The Bertz CT molecular complexity index is 482. The van der Waals surface area contributed by atoms with E-state index in [4.69, 9.17) is 4.74 Å². The second-order valence-electron chi connectivity index (χ2n) is 4.60. The van der Waals surface area contributed by atoms with Crippen molar-refractivity contribution >= 4 is 0 Å². The molecule has 1 N–H and O–H groups in total. The van der Waals surface area contributed by atoms with Gasteiger partial charge in [0.2, 0.25) is 0 Å². The molecule has 1 aromatic carbocycles. The summed E-state index contributed by atoms with van der Waals surface area (Å²) in [4.78, 5) is 4.24. The van der Waals surface area contributed by atoms with Gasteiger partial charge in [0, 0.05) is 32.3 Å². The zero-order valence-electron chi connectivity index (χ0n) is 11.2. The van der Waals surface area contributed by atoms with E-state index in [1.54, 1.807) is 6.20 Å². The summed E-state index contributed by atoms with van der Waals surface area (Å²) in [7, 11) is 1.97. The number of para-hydroxylation sites is 1. The van der Waals surface area contributed by atoms with Crippen LogP contribution in [0.3, 0.4) is 0 Å². The average Bonchev–Trinajstić information content (AvgIpc) is 2.83. The Kier molecular flexibility index (Phi) is 4.98. The topological polar surface area (TPSA) is 47.3 Å². The van der Waals surface area contributed by atoms with Crippen molar-refractivity contribution in [1.82, 2.24) is 9.55 Å². The summed E-state index contributed by atoms with van der Waals surface area (Å²) in [5, 5.41) is 9.90. The molecule has 0 bridgehead atoms. The van der Waals surface area contributed by atoms with E-state index >= 15 is 0 Å². The molecule has 0 aliphatic rings. The molecule has 1 atom stereocenters. The number of hydrogen-bond acceptors (Lipinski definition) is 3. The van der Waals surface area contributed by atoms with Gasteiger partial charge in [-0.05, 0) is 18.6 Å². The molecule has 2 rings (SSSR count). The minimum Gasteiger partial charge on any atom is -0.493 e. The Labute approximate surface area is 113 Å². The van der Waals surface area contributed by atoms with Gasteiger partial charge < -0.3 is 14.4 Å². The van der Waals surface area contributed by atoms with E-state index in [0.717, 1.165) is 18.0 Å². The number of ether oxygens (including phenoxy) is 1. The third-order valence-electron chi connectivity index (χ3n) is 3.09. The van der Waals surface area contributed by atoms with Crippen LogP contribution in [0.25, 0.3) is 0 Å². The predicted molar refractivity (Wildman–Crippen MR) is 74.1 cm³/mol. The molecule has 4 nitrogen and oxygen atoms in total. The Hall–Kier alpha value is -1.81. The van der Waals surface area contributed by atoms with Crippen molar-refractivity contribution in [2.45, 2.75) is 25.4 Å². The second-order valence-corrected chi connectivity index (χ2v) is 4.60. The van der Waals surface area contributed by atoms with Crippen LogP contribution < -0.4 is 4.74 Å². The van der Waals surface area contributed by atoms with Gasteiger partial charge in [-0.25, -0.2) is 4.98 Å². The number of aliphatic hydroxyl groups excluding tert-OH is 1. The zero-order valence-corrected chi connectivity index (χ0v) is 11.2. The lowest BCUT2D eigenvalue weighted by Crippen LogP contribution is -2.14. The van der Waals surface area contributed by atoms with E-state index in [1.807, 2.05) is 48.1 Å². The summed E-state index contributed by atoms with van der Waals surface area (Å²) in [6.45, 7) is 0.533. The van der Waals surface area contributed by atoms with Crippen molar-refractivity contribution in [3.8, 4) is 5.75 Å². The second kappa shape index (κ2) is 6.95. The van der Waals surface area contributed by atoms with E-state index in [-0.39, 0.29) is 6.10 Å². The highest BCUT2D eigenvalue weighted by molar-refractivity contribution is 5.20. The normalized spacial score (nSPS) is 12.3. The van der Waals surface area contributed by atoms with Crippen LogP contribution in [-0.4, -0.2) is 27.4 Å². The summed E-state index contributed by atoms with van der Waals surface area (Å²) in [5.74, 6) is 1.85. The monoisotopic (exact) mass is 260 g/mol. The number of nitrogens with zero attached hydrogens (tertiary/aromatic N) is 2. The number of aryl methyl sites for hydroxylation is 2. The number of imidazole rings is 1. The SMILES string of the molecule is Cn1ccnc1CCC(O)CCOc1ccccc1. The van der Waals surface area contributed by atoms with E-state index in [1.165, 1.54) is 0 Å². The first kappa shape index (κ1) is 13.6. The quantitative estimate of drug-likeness (QED) is 0.830. The maximum absolute atomic E-state index is 9.90. The summed E-state index contributed by atoms with van der Waals surface area (Å²) in [5.41, 5.74) is 0. The molecule has 0 spiro atoms. The molecule has 2 aromatic rings. The first-order valence-electron chi connectivity index (χ1n) is 6.58. The Morgan fingerprint density at radius 1 is 1.26 bits per heavy atom. The Morgan fingerprint density at radius 3 is 2.74 bits per heavy atom. The molecule has 0 saturated carbocycles. The maximum atomic E-state index is 9.90. The smallest absolute Gasteiger partial charge is 0.119 e. The molecular weight excluding hydrogens is 240 g/mol. The fraction of sp³-hybridized carbons (Fsp3) is 0.400. The van der Waals surface area contributed by atoms with E-state index in [2.05, 4.69) is 4.98 Å². The number of hydrogen-bond donors (Lipinski definition) is 1. The molecule has 1 aromatic heterocycles. The van der Waals surface area contributed by atoms with Gasteiger partial charge in [-0.1, -0.05) is 18.2 Å². The summed E-state index contributed by atoms with van der Waals surface area (Å²) in [6, 6.07) is 9.66. The van der Waals surface area contributed by atoms with Gasteiger partial charge >= 0.3 is 0 Å².